The monoisotopic (exact) mass is 595 g/mol. The van der Waals surface area contributed by atoms with Crippen molar-refractivity contribution in [3.63, 3.8) is 0 Å². The SMILES string of the molecule is Cc1cc(C)c(CNC(=O)c2cc3c(-c4ccc(N)nc4)ccn3c([C@@H](C)N3CCN(CC(F)(F)F)CC3)c2C)c(=O)[nH]1. The van der Waals surface area contributed by atoms with Crippen LogP contribution in [0.4, 0.5) is 19.0 Å². The molecule has 1 atom stereocenters. The first-order chi connectivity index (χ1) is 20.3. The molecule has 0 spiro atoms. The number of carbonyl (C=O) groups is 1. The van der Waals surface area contributed by atoms with Gasteiger partial charge in [-0.15, -0.1) is 0 Å². The highest BCUT2D eigenvalue weighted by molar-refractivity contribution is 5.98. The van der Waals surface area contributed by atoms with Crippen molar-refractivity contribution in [2.75, 3.05) is 38.5 Å². The fourth-order valence-electron chi connectivity index (χ4n) is 6.03. The maximum absolute atomic E-state index is 13.7. The van der Waals surface area contributed by atoms with Gasteiger partial charge in [-0.05, 0) is 69.2 Å². The van der Waals surface area contributed by atoms with Crippen LogP contribution >= 0.6 is 0 Å². The lowest BCUT2D eigenvalue weighted by molar-refractivity contribution is -0.149. The summed E-state index contributed by atoms with van der Waals surface area (Å²) in [5, 5.41) is 2.93. The molecule has 1 amide bonds. The summed E-state index contributed by atoms with van der Waals surface area (Å²) in [6.45, 7) is 8.19. The third-order valence-corrected chi connectivity index (χ3v) is 8.27. The largest absolute Gasteiger partial charge is 0.401 e. The summed E-state index contributed by atoms with van der Waals surface area (Å²) in [7, 11) is 0. The number of aromatic nitrogens is 3. The molecule has 4 N–H and O–H groups in total. The molecule has 0 aliphatic carbocycles. The Morgan fingerprint density at radius 3 is 2.47 bits per heavy atom. The van der Waals surface area contributed by atoms with Gasteiger partial charge in [0.15, 0.2) is 0 Å². The summed E-state index contributed by atoms with van der Waals surface area (Å²) in [4.78, 5) is 36.9. The number of amides is 1. The highest BCUT2D eigenvalue weighted by Crippen LogP contribution is 2.34. The minimum absolute atomic E-state index is 0.0622. The molecule has 0 saturated carbocycles. The predicted octanol–water partition coefficient (Wildman–Crippen LogP) is 4.37. The van der Waals surface area contributed by atoms with Gasteiger partial charge in [-0.25, -0.2) is 4.98 Å². The third-order valence-electron chi connectivity index (χ3n) is 8.27. The van der Waals surface area contributed by atoms with E-state index in [2.05, 4.69) is 20.2 Å². The zero-order valence-corrected chi connectivity index (χ0v) is 24.7. The van der Waals surface area contributed by atoms with Gasteiger partial charge in [0.25, 0.3) is 11.5 Å². The molecule has 0 radical (unpaired) electrons. The molecule has 4 aromatic rings. The van der Waals surface area contributed by atoms with Crippen LogP contribution in [0.15, 0.2) is 47.5 Å². The van der Waals surface area contributed by atoms with Gasteiger partial charge >= 0.3 is 6.18 Å². The molecule has 0 unspecified atom stereocenters. The van der Waals surface area contributed by atoms with Crippen LogP contribution in [-0.2, 0) is 6.54 Å². The number of aromatic amines is 1. The molecule has 4 aromatic heterocycles. The number of rotatable bonds is 7. The number of nitrogen functional groups attached to an aromatic ring is 1. The Morgan fingerprint density at radius 2 is 1.84 bits per heavy atom. The summed E-state index contributed by atoms with van der Waals surface area (Å²) < 4.78 is 41.0. The number of fused-ring (bicyclic) bond motifs is 1. The molecule has 1 aliphatic heterocycles. The normalized spacial score (nSPS) is 15.6. The van der Waals surface area contributed by atoms with Crippen molar-refractivity contribution in [3.8, 4) is 11.1 Å². The molecule has 1 saturated heterocycles. The maximum atomic E-state index is 13.7. The first kappa shape index (κ1) is 30.3. The lowest BCUT2D eigenvalue weighted by Crippen LogP contribution is -2.49. The number of halogens is 3. The summed E-state index contributed by atoms with van der Waals surface area (Å²) in [6, 6.07) is 9.03. The highest BCUT2D eigenvalue weighted by atomic mass is 19.4. The van der Waals surface area contributed by atoms with Crippen molar-refractivity contribution in [3.05, 3.63) is 86.7 Å². The molecule has 1 aliphatic rings. The number of piperazine rings is 1. The number of aryl methyl sites for hydroxylation is 2. The van der Waals surface area contributed by atoms with Crippen LogP contribution in [-0.4, -0.2) is 69.0 Å². The van der Waals surface area contributed by atoms with Crippen LogP contribution in [0.3, 0.4) is 0 Å². The van der Waals surface area contributed by atoms with Crippen LogP contribution in [0.5, 0.6) is 0 Å². The molecule has 0 bridgehead atoms. The Kier molecular flexibility index (Phi) is 8.35. The van der Waals surface area contributed by atoms with Crippen LogP contribution in [0, 0.1) is 20.8 Å². The molecule has 9 nitrogen and oxygen atoms in total. The quantitative estimate of drug-likeness (QED) is 0.293. The number of carbonyl (C=O) groups excluding carboxylic acids is 1. The Morgan fingerprint density at radius 1 is 1.12 bits per heavy atom. The molecule has 5 heterocycles. The number of nitrogens with one attached hydrogen (secondary N) is 2. The molecular weight excluding hydrogens is 559 g/mol. The highest BCUT2D eigenvalue weighted by Gasteiger charge is 2.34. The molecule has 12 heteroatoms. The van der Waals surface area contributed by atoms with Gasteiger partial charge in [-0.3, -0.25) is 19.4 Å². The second kappa shape index (κ2) is 11.8. The van der Waals surface area contributed by atoms with Gasteiger partial charge in [-0.2, -0.15) is 13.2 Å². The number of nitrogens with two attached hydrogens (primary N) is 1. The van der Waals surface area contributed by atoms with Gasteiger partial charge in [-0.1, -0.05) is 0 Å². The fourth-order valence-corrected chi connectivity index (χ4v) is 6.03. The smallest absolute Gasteiger partial charge is 0.384 e. The Balaban J connectivity index is 1.52. The van der Waals surface area contributed by atoms with E-state index >= 15 is 0 Å². The first-order valence-corrected chi connectivity index (χ1v) is 14.2. The van der Waals surface area contributed by atoms with E-state index in [0.717, 1.165) is 39.2 Å². The van der Waals surface area contributed by atoms with Crippen molar-refractivity contribution >= 4 is 17.2 Å². The Hall–Kier alpha value is -4.16. The fraction of sp³-hybridized carbons (Fsp3) is 0.387. The maximum Gasteiger partial charge on any atom is 0.401 e. The molecule has 0 aromatic carbocycles. The molecule has 5 rings (SSSR count). The van der Waals surface area contributed by atoms with E-state index in [-0.39, 0.29) is 24.1 Å². The molecule has 228 valence electrons. The van der Waals surface area contributed by atoms with Gasteiger partial charge in [0, 0.05) is 84.8 Å². The second-order valence-electron chi connectivity index (χ2n) is 11.3. The van der Waals surface area contributed by atoms with Gasteiger partial charge in [0.2, 0.25) is 0 Å². The van der Waals surface area contributed by atoms with Gasteiger partial charge in [0.1, 0.15) is 5.82 Å². The lowest BCUT2D eigenvalue weighted by atomic mass is 9.99. The summed E-state index contributed by atoms with van der Waals surface area (Å²) in [5.41, 5.74) is 12.1. The van der Waals surface area contributed by atoms with E-state index in [0.29, 0.717) is 43.1 Å². The van der Waals surface area contributed by atoms with Crippen molar-refractivity contribution in [1.29, 1.82) is 0 Å². The van der Waals surface area contributed by atoms with Gasteiger partial charge in [0.05, 0.1) is 12.1 Å². The first-order valence-electron chi connectivity index (χ1n) is 14.2. The number of anilines is 1. The standard InChI is InChI=1S/C31H36F3N7O2/c1-18-13-19(2)38-30(43)25(18)16-37-29(42)24-14-26-23(22-5-6-27(35)36-15-22)7-8-41(26)28(20(24)3)21(4)40-11-9-39(10-12-40)17-31(32,33)34/h5-8,13-15,21H,9-12,16-17H2,1-4H3,(H2,35,36)(H,37,42)(H,38,43)/t21-/m1/s1. The molecular formula is C31H36F3N7O2. The number of hydrogen-bond donors (Lipinski definition) is 3. The zero-order chi connectivity index (χ0) is 31.1. The van der Waals surface area contributed by atoms with E-state index in [9.17, 15) is 22.8 Å². The van der Waals surface area contributed by atoms with Gasteiger partial charge < -0.3 is 20.4 Å². The Bertz CT molecular complexity index is 1700. The topological polar surface area (TPSA) is 112 Å². The number of alkyl halides is 3. The minimum Gasteiger partial charge on any atom is -0.384 e. The average molecular weight is 596 g/mol. The second-order valence-corrected chi connectivity index (χ2v) is 11.3. The molecule has 43 heavy (non-hydrogen) atoms. The predicted molar refractivity (Wildman–Crippen MR) is 160 cm³/mol. The van der Waals surface area contributed by atoms with Crippen molar-refractivity contribution in [2.24, 2.45) is 0 Å². The van der Waals surface area contributed by atoms with Crippen molar-refractivity contribution < 1.29 is 18.0 Å². The number of pyridine rings is 3. The van der Waals surface area contributed by atoms with E-state index in [1.807, 2.05) is 55.6 Å². The average Bonchev–Trinajstić information content (AvgIpc) is 3.35. The molecule has 1 fully saturated rings. The summed E-state index contributed by atoms with van der Waals surface area (Å²) in [5.74, 6) is 0.0638. The number of hydrogen-bond acceptors (Lipinski definition) is 6. The third kappa shape index (κ3) is 6.45. The summed E-state index contributed by atoms with van der Waals surface area (Å²) in [6.07, 6.45) is -0.616. The van der Waals surface area contributed by atoms with Crippen LogP contribution in [0.2, 0.25) is 0 Å². The lowest BCUT2D eigenvalue weighted by Gasteiger charge is -2.39. The van der Waals surface area contributed by atoms with Crippen molar-refractivity contribution in [1.82, 2.24) is 29.5 Å². The van der Waals surface area contributed by atoms with E-state index in [4.69, 9.17) is 5.73 Å². The van der Waals surface area contributed by atoms with Crippen LogP contribution in [0.1, 0.15) is 51.4 Å². The van der Waals surface area contributed by atoms with E-state index < -0.39 is 12.7 Å². The van der Waals surface area contributed by atoms with Crippen LogP contribution in [0.25, 0.3) is 16.6 Å². The van der Waals surface area contributed by atoms with Crippen LogP contribution < -0.4 is 16.6 Å². The zero-order valence-electron chi connectivity index (χ0n) is 24.7. The minimum atomic E-state index is -4.24. The van der Waals surface area contributed by atoms with E-state index in [1.54, 1.807) is 19.2 Å². The van der Waals surface area contributed by atoms with Crippen molar-refractivity contribution in [2.45, 2.75) is 46.5 Å². The number of H-pyrrole nitrogens is 1. The van der Waals surface area contributed by atoms with E-state index in [1.165, 1.54) is 4.90 Å². The number of nitrogens with zero attached hydrogens (tertiary/aromatic N) is 4. The summed E-state index contributed by atoms with van der Waals surface area (Å²) >= 11 is 0. The Labute approximate surface area is 247 Å².